The Labute approximate surface area is 160 Å². The number of cyclic esters (lactones) is 1. The number of benzene rings is 2. The Balaban J connectivity index is 1.78. The number of carbonyl (C=O) groups excluding carboxylic acids is 1. The van der Waals surface area contributed by atoms with Crippen molar-refractivity contribution in [3.8, 4) is 11.5 Å². The molecule has 0 atom stereocenters. The van der Waals surface area contributed by atoms with E-state index in [1.165, 1.54) is 18.2 Å². The van der Waals surface area contributed by atoms with Crippen LogP contribution in [-0.2, 0) is 9.53 Å². The Hall–Kier alpha value is -2.95. The van der Waals surface area contributed by atoms with Crippen molar-refractivity contribution in [2.45, 2.75) is 0 Å². The highest BCUT2D eigenvalue weighted by Crippen LogP contribution is 2.39. The summed E-state index contributed by atoms with van der Waals surface area (Å²) in [7, 11) is 0. The number of nitro benzene ring substituents is 1. The minimum absolute atomic E-state index is 0.0106. The topological polar surface area (TPSA) is 100 Å². The molecule has 8 nitrogen and oxygen atoms in total. The smallest absolute Gasteiger partial charge is 0.363 e. The predicted molar refractivity (Wildman–Crippen MR) is 99.0 cm³/mol. The second kappa shape index (κ2) is 6.41. The molecule has 0 spiro atoms. The van der Waals surface area contributed by atoms with Gasteiger partial charge in [-0.2, -0.15) is 0 Å². The van der Waals surface area contributed by atoms with Crippen LogP contribution in [0.5, 0.6) is 11.5 Å². The first-order chi connectivity index (χ1) is 12.5. The third kappa shape index (κ3) is 2.90. The molecule has 0 saturated carbocycles. The number of hydrogen-bond acceptors (Lipinski definition) is 7. The van der Waals surface area contributed by atoms with E-state index in [1.54, 1.807) is 12.1 Å². The highest BCUT2D eigenvalue weighted by atomic mass is 127. The van der Waals surface area contributed by atoms with Gasteiger partial charge in [-0.15, -0.1) is 0 Å². The van der Waals surface area contributed by atoms with E-state index in [4.69, 9.17) is 14.2 Å². The standard InChI is InChI=1S/C17H9IN2O6/c18-11-4-2-1-3-10(11)16-19-12(17(21)26-16)5-9-6-14-15(25-8-24-14)7-13(9)20(22)23/h1-7H,8H2/b12-5-. The monoisotopic (exact) mass is 464 g/mol. The number of hydrogen-bond donors (Lipinski definition) is 0. The number of halogens is 1. The minimum atomic E-state index is -0.674. The first-order valence-corrected chi connectivity index (χ1v) is 8.46. The average molecular weight is 464 g/mol. The molecule has 0 aliphatic carbocycles. The van der Waals surface area contributed by atoms with Gasteiger partial charge >= 0.3 is 5.97 Å². The van der Waals surface area contributed by atoms with Crippen molar-refractivity contribution in [1.82, 2.24) is 0 Å². The third-order valence-electron chi connectivity index (χ3n) is 3.74. The lowest BCUT2D eigenvalue weighted by Crippen LogP contribution is -2.06. The molecule has 2 heterocycles. The fraction of sp³-hybridized carbons (Fsp3) is 0.0588. The molecule has 26 heavy (non-hydrogen) atoms. The molecule has 0 N–H and O–H groups in total. The van der Waals surface area contributed by atoms with Gasteiger partial charge in [0.2, 0.25) is 12.7 Å². The number of rotatable bonds is 3. The summed E-state index contributed by atoms with van der Waals surface area (Å²) in [6.45, 7) is -0.0106. The van der Waals surface area contributed by atoms with Gasteiger partial charge in [0, 0.05) is 3.57 Å². The lowest BCUT2D eigenvalue weighted by Gasteiger charge is -2.01. The van der Waals surface area contributed by atoms with Crippen LogP contribution in [-0.4, -0.2) is 23.6 Å². The minimum Gasteiger partial charge on any atom is -0.454 e. The van der Waals surface area contributed by atoms with Crippen molar-refractivity contribution in [2.75, 3.05) is 6.79 Å². The van der Waals surface area contributed by atoms with E-state index >= 15 is 0 Å². The number of nitrogens with zero attached hydrogens (tertiary/aromatic N) is 2. The third-order valence-corrected chi connectivity index (χ3v) is 4.68. The van der Waals surface area contributed by atoms with E-state index in [-0.39, 0.29) is 35.4 Å². The zero-order valence-corrected chi connectivity index (χ0v) is 15.1. The van der Waals surface area contributed by atoms with Gasteiger partial charge in [0.25, 0.3) is 5.69 Å². The zero-order valence-electron chi connectivity index (χ0n) is 13.0. The molecule has 130 valence electrons. The number of nitro groups is 1. The first-order valence-electron chi connectivity index (χ1n) is 7.38. The van der Waals surface area contributed by atoms with Crippen LogP contribution in [0.2, 0.25) is 0 Å². The van der Waals surface area contributed by atoms with Gasteiger partial charge in [-0.3, -0.25) is 10.1 Å². The highest BCUT2D eigenvalue weighted by Gasteiger charge is 2.28. The largest absolute Gasteiger partial charge is 0.454 e. The quantitative estimate of drug-likeness (QED) is 0.227. The van der Waals surface area contributed by atoms with Crippen molar-refractivity contribution in [3.05, 3.63) is 66.9 Å². The van der Waals surface area contributed by atoms with Crippen LogP contribution in [0.4, 0.5) is 5.69 Å². The Morgan fingerprint density at radius 3 is 2.65 bits per heavy atom. The molecule has 2 aromatic carbocycles. The van der Waals surface area contributed by atoms with Crippen LogP contribution >= 0.6 is 22.6 Å². The van der Waals surface area contributed by atoms with Crippen molar-refractivity contribution in [1.29, 1.82) is 0 Å². The Kier molecular flexibility index (Phi) is 4.07. The molecule has 2 aromatic rings. The van der Waals surface area contributed by atoms with E-state index in [1.807, 2.05) is 12.1 Å². The van der Waals surface area contributed by atoms with Gasteiger partial charge < -0.3 is 14.2 Å². The summed E-state index contributed by atoms with van der Waals surface area (Å²) in [4.78, 5) is 27.1. The maximum Gasteiger partial charge on any atom is 0.363 e. The summed E-state index contributed by atoms with van der Waals surface area (Å²) in [5, 5.41) is 11.3. The van der Waals surface area contributed by atoms with E-state index in [0.717, 1.165) is 3.57 Å². The summed E-state index contributed by atoms with van der Waals surface area (Å²) >= 11 is 2.11. The Morgan fingerprint density at radius 2 is 1.92 bits per heavy atom. The normalized spacial score (nSPS) is 16.6. The van der Waals surface area contributed by atoms with Gasteiger partial charge in [-0.1, -0.05) is 12.1 Å². The molecule has 4 rings (SSSR count). The van der Waals surface area contributed by atoms with Crippen LogP contribution in [0.15, 0.2) is 47.1 Å². The lowest BCUT2D eigenvalue weighted by atomic mass is 10.1. The van der Waals surface area contributed by atoms with E-state index < -0.39 is 10.9 Å². The predicted octanol–water partition coefficient (Wildman–Crippen LogP) is 3.27. The second-order valence-corrected chi connectivity index (χ2v) is 6.50. The van der Waals surface area contributed by atoms with Gasteiger partial charge in [-0.25, -0.2) is 9.79 Å². The van der Waals surface area contributed by atoms with Crippen LogP contribution in [0, 0.1) is 13.7 Å². The van der Waals surface area contributed by atoms with E-state index in [2.05, 4.69) is 27.6 Å². The van der Waals surface area contributed by atoms with Crippen molar-refractivity contribution >= 4 is 46.2 Å². The van der Waals surface area contributed by atoms with Gasteiger partial charge in [0.15, 0.2) is 17.2 Å². The van der Waals surface area contributed by atoms with Crippen LogP contribution in [0.3, 0.4) is 0 Å². The number of aliphatic imine (C=N–C) groups is 1. The number of ether oxygens (including phenoxy) is 3. The molecular formula is C17H9IN2O6. The number of esters is 1. The molecule has 0 radical (unpaired) electrons. The maximum absolute atomic E-state index is 12.2. The molecule has 0 fully saturated rings. The van der Waals surface area contributed by atoms with Crippen LogP contribution < -0.4 is 9.47 Å². The molecule has 0 unspecified atom stereocenters. The van der Waals surface area contributed by atoms with Crippen LogP contribution in [0.1, 0.15) is 11.1 Å². The molecule has 9 heteroatoms. The fourth-order valence-corrected chi connectivity index (χ4v) is 3.15. The van der Waals surface area contributed by atoms with Crippen molar-refractivity contribution in [3.63, 3.8) is 0 Å². The number of fused-ring (bicyclic) bond motifs is 1. The zero-order chi connectivity index (χ0) is 18.3. The van der Waals surface area contributed by atoms with Gasteiger partial charge in [0.1, 0.15) is 0 Å². The van der Waals surface area contributed by atoms with Crippen molar-refractivity contribution in [2.24, 2.45) is 4.99 Å². The van der Waals surface area contributed by atoms with E-state index in [9.17, 15) is 14.9 Å². The van der Waals surface area contributed by atoms with Crippen molar-refractivity contribution < 1.29 is 23.9 Å². The lowest BCUT2D eigenvalue weighted by molar-refractivity contribution is -0.385. The van der Waals surface area contributed by atoms with Gasteiger partial charge in [0.05, 0.1) is 22.1 Å². The second-order valence-electron chi connectivity index (χ2n) is 5.34. The summed E-state index contributed by atoms with van der Waals surface area (Å²) in [6.07, 6.45) is 1.31. The first kappa shape index (κ1) is 16.5. The summed E-state index contributed by atoms with van der Waals surface area (Å²) in [6, 6.07) is 10.0. The SMILES string of the molecule is O=C1OC(c2ccccc2I)=N/C1=C\c1cc2c(cc1[N+](=O)[O-])OCO2. The Bertz CT molecular complexity index is 1010. The average Bonchev–Trinajstić information content (AvgIpc) is 3.21. The summed E-state index contributed by atoms with van der Waals surface area (Å²) in [5.74, 6) is 0.146. The fourth-order valence-electron chi connectivity index (χ4n) is 2.53. The molecule has 0 aromatic heterocycles. The summed E-state index contributed by atoms with van der Waals surface area (Å²) in [5.41, 5.74) is 0.609. The molecule has 0 bridgehead atoms. The Morgan fingerprint density at radius 1 is 1.19 bits per heavy atom. The van der Waals surface area contributed by atoms with Gasteiger partial charge in [-0.05, 0) is 46.9 Å². The van der Waals surface area contributed by atoms with Crippen LogP contribution in [0.25, 0.3) is 6.08 Å². The molecular weight excluding hydrogens is 455 g/mol. The molecule has 0 amide bonds. The molecule has 2 aliphatic rings. The molecule has 2 aliphatic heterocycles. The molecule has 0 saturated heterocycles. The van der Waals surface area contributed by atoms with E-state index in [0.29, 0.717) is 11.3 Å². The summed E-state index contributed by atoms with van der Waals surface area (Å²) < 4.78 is 16.5. The number of carbonyl (C=O) groups is 1. The maximum atomic E-state index is 12.2. The highest BCUT2D eigenvalue weighted by molar-refractivity contribution is 14.1.